The van der Waals surface area contributed by atoms with Crippen molar-refractivity contribution < 1.29 is 26.7 Å². The summed E-state index contributed by atoms with van der Waals surface area (Å²) in [5.41, 5.74) is 0.535. The zero-order valence-electron chi connectivity index (χ0n) is 9.21. The fourth-order valence-electron chi connectivity index (χ4n) is 1.31. The predicted molar refractivity (Wildman–Crippen MR) is 55.7 cm³/mol. The first-order valence-electron chi connectivity index (χ1n) is 5.03. The zero-order chi connectivity index (χ0) is 14.1. The van der Waals surface area contributed by atoms with Crippen LogP contribution in [0.1, 0.15) is 0 Å². The Morgan fingerprint density at radius 2 is 1.63 bits per heavy atom. The molecule has 3 nitrogen and oxygen atoms in total. The molecule has 8 heteroatoms. The van der Waals surface area contributed by atoms with Gasteiger partial charge < -0.3 is 9.72 Å². The Morgan fingerprint density at radius 1 is 1.00 bits per heavy atom. The second-order valence-corrected chi connectivity index (χ2v) is 3.58. The van der Waals surface area contributed by atoms with E-state index < -0.39 is 18.0 Å². The van der Waals surface area contributed by atoms with Crippen molar-refractivity contribution in [3.05, 3.63) is 36.7 Å². The fourth-order valence-corrected chi connectivity index (χ4v) is 1.31. The van der Waals surface area contributed by atoms with E-state index in [2.05, 4.69) is 14.7 Å². The van der Waals surface area contributed by atoms with Crippen LogP contribution in [-0.4, -0.2) is 22.3 Å². The summed E-state index contributed by atoms with van der Waals surface area (Å²) >= 11 is 0. The number of halogens is 5. The van der Waals surface area contributed by atoms with Crippen LogP contribution in [0.2, 0.25) is 0 Å². The molecule has 1 aromatic heterocycles. The molecule has 19 heavy (non-hydrogen) atoms. The molecule has 2 rings (SSSR count). The molecule has 0 atom stereocenters. The normalized spacial score (nSPS) is 12.5. The number of rotatable bonds is 3. The van der Waals surface area contributed by atoms with Crippen LogP contribution in [0.15, 0.2) is 36.7 Å². The van der Waals surface area contributed by atoms with Crippen LogP contribution in [-0.2, 0) is 0 Å². The van der Waals surface area contributed by atoms with E-state index in [9.17, 15) is 22.0 Å². The lowest BCUT2D eigenvalue weighted by Crippen LogP contribution is -2.41. The monoisotopic (exact) mass is 278 g/mol. The van der Waals surface area contributed by atoms with Gasteiger partial charge in [-0.15, -0.1) is 0 Å². The molecule has 0 radical (unpaired) electrons. The van der Waals surface area contributed by atoms with E-state index in [-0.39, 0.29) is 0 Å². The Labute approximate surface area is 104 Å². The third-order valence-corrected chi connectivity index (χ3v) is 2.20. The van der Waals surface area contributed by atoms with Crippen LogP contribution in [0, 0.1) is 0 Å². The van der Waals surface area contributed by atoms with E-state index in [1.807, 2.05) is 0 Å². The molecular weight excluding hydrogens is 271 g/mol. The second-order valence-electron chi connectivity index (χ2n) is 3.58. The first-order valence-corrected chi connectivity index (χ1v) is 5.03. The van der Waals surface area contributed by atoms with Crippen molar-refractivity contribution in [3.63, 3.8) is 0 Å². The van der Waals surface area contributed by atoms with Gasteiger partial charge in [0.25, 0.3) is 0 Å². The molecule has 0 bridgehead atoms. The molecule has 0 fully saturated rings. The van der Waals surface area contributed by atoms with E-state index in [0.717, 1.165) is 12.1 Å². The van der Waals surface area contributed by atoms with E-state index in [1.165, 1.54) is 18.3 Å². The molecule has 0 amide bonds. The third-order valence-electron chi connectivity index (χ3n) is 2.20. The SMILES string of the molecule is FC(F)(F)C(F)(F)Oc1ccc(-c2ncc[nH]2)cc1. The Bertz CT molecular complexity index is 533. The van der Waals surface area contributed by atoms with E-state index >= 15 is 0 Å². The minimum Gasteiger partial charge on any atom is -0.426 e. The molecule has 0 aliphatic carbocycles. The average Bonchev–Trinajstić information content (AvgIpc) is 2.81. The van der Waals surface area contributed by atoms with Crippen molar-refractivity contribution in [3.8, 4) is 17.1 Å². The molecule has 0 spiro atoms. The van der Waals surface area contributed by atoms with Gasteiger partial charge in [0.2, 0.25) is 0 Å². The topological polar surface area (TPSA) is 37.9 Å². The summed E-state index contributed by atoms with van der Waals surface area (Å²) in [6, 6.07) is 4.66. The number of aromatic amines is 1. The molecule has 1 heterocycles. The van der Waals surface area contributed by atoms with Crippen LogP contribution < -0.4 is 4.74 Å². The number of H-pyrrole nitrogens is 1. The van der Waals surface area contributed by atoms with Crippen molar-refractivity contribution in [2.45, 2.75) is 12.3 Å². The number of imidazole rings is 1. The maximum atomic E-state index is 12.6. The largest absolute Gasteiger partial charge is 0.499 e. The van der Waals surface area contributed by atoms with Crippen molar-refractivity contribution in [2.75, 3.05) is 0 Å². The van der Waals surface area contributed by atoms with Crippen molar-refractivity contribution in [1.29, 1.82) is 0 Å². The van der Waals surface area contributed by atoms with Crippen LogP contribution in [0.5, 0.6) is 5.75 Å². The molecule has 0 saturated carbocycles. The van der Waals surface area contributed by atoms with Gasteiger partial charge in [0.05, 0.1) is 0 Å². The maximum Gasteiger partial charge on any atom is 0.499 e. The number of hydrogen-bond acceptors (Lipinski definition) is 2. The first kappa shape index (κ1) is 13.3. The number of aromatic nitrogens is 2. The second kappa shape index (κ2) is 4.52. The Balaban J connectivity index is 2.16. The van der Waals surface area contributed by atoms with Gasteiger partial charge in [0.15, 0.2) is 0 Å². The predicted octanol–water partition coefficient (Wildman–Crippen LogP) is 3.61. The van der Waals surface area contributed by atoms with Crippen LogP contribution >= 0.6 is 0 Å². The lowest BCUT2D eigenvalue weighted by atomic mass is 10.2. The van der Waals surface area contributed by atoms with Gasteiger partial charge in [0.1, 0.15) is 11.6 Å². The number of alkyl halides is 5. The summed E-state index contributed by atoms with van der Waals surface area (Å²) in [6.07, 6.45) is -7.94. The van der Waals surface area contributed by atoms with E-state index in [0.29, 0.717) is 11.4 Å². The first-order chi connectivity index (χ1) is 8.79. The van der Waals surface area contributed by atoms with Gasteiger partial charge >= 0.3 is 12.3 Å². The highest BCUT2D eigenvalue weighted by atomic mass is 19.4. The molecule has 1 aromatic carbocycles. The lowest BCUT2D eigenvalue weighted by molar-refractivity contribution is -0.360. The number of nitrogens with zero attached hydrogens (tertiary/aromatic N) is 1. The molecule has 102 valence electrons. The number of nitrogens with one attached hydrogen (secondary N) is 1. The highest BCUT2D eigenvalue weighted by Crippen LogP contribution is 2.37. The quantitative estimate of drug-likeness (QED) is 0.871. The lowest BCUT2D eigenvalue weighted by Gasteiger charge is -2.20. The molecule has 0 aliphatic rings. The van der Waals surface area contributed by atoms with Gasteiger partial charge in [-0.25, -0.2) is 4.98 Å². The molecule has 1 N–H and O–H groups in total. The highest BCUT2D eigenvalue weighted by molar-refractivity contribution is 5.55. The van der Waals surface area contributed by atoms with Crippen LogP contribution in [0.3, 0.4) is 0 Å². The molecular formula is C11H7F5N2O. The third kappa shape index (κ3) is 2.83. The summed E-state index contributed by atoms with van der Waals surface area (Å²) in [4.78, 5) is 6.67. The van der Waals surface area contributed by atoms with E-state index in [4.69, 9.17) is 0 Å². The van der Waals surface area contributed by atoms with E-state index in [1.54, 1.807) is 6.20 Å². The van der Waals surface area contributed by atoms with Crippen molar-refractivity contribution in [1.82, 2.24) is 9.97 Å². The summed E-state index contributed by atoms with van der Waals surface area (Å²) in [5.74, 6) is -0.119. The molecule has 0 aliphatic heterocycles. The molecule has 0 saturated heterocycles. The summed E-state index contributed by atoms with van der Waals surface area (Å²) in [5, 5.41) is 0. The van der Waals surface area contributed by atoms with Gasteiger partial charge in [0, 0.05) is 18.0 Å². The Kier molecular flexibility index (Phi) is 3.17. The Morgan fingerprint density at radius 3 is 2.11 bits per heavy atom. The summed E-state index contributed by atoms with van der Waals surface area (Å²) < 4.78 is 64.7. The maximum absolute atomic E-state index is 12.6. The zero-order valence-corrected chi connectivity index (χ0v) is 9.21. The minimum absolute atomic E-state index is 0.467. The summed E-state index contributed by atoms with van der Waals surface area (Å²) in [6.45, 7) is 0. The number of hydrogen-bond donors (Lipinski definition) is 1. The fraction of sp³-hybridized carbons (Fsp3) is 0.182. The molecule has 2 aromatic rings. The van der Waals surface area contributed by atoms with Crippen LogP contribution in [0.4, 0.5) is 22.0 Å². The number of benzene rings is 1. The van der Waals surface area contributed by atoms with Gasteiger partial charge in [-0.05, 0) is 24.3 Å². The Hall–Kier alpha value is -2.12. The van der Waals surface area contributed by atoms with Crippen molar-refractivity contribution in [2.24, 2.45) is 0 Å². The van der Waals surface area contributed by atoms with Gasteiger partial charge in [-0.1, -0.05) is 0 Å². The van der Waals surface area contributed by atoms with Crippen LogP contribution in [0.25, 0.3) is 11.4 Å². The average molecular weight is 278 g/mol. The standard InChI is InChI=1S/C11H7F5N2O/c12-10(13,14)11(15,16)19-8-3-1-7(2-4-8)9-17-5-6-18-9/h1-6H,(H,17,18). The van der Waals surface area contributed by atoms with Gasteiger partial charge in [-0.3, -0.25) is 0 Å². The summed E-state index contributed by atoms with van der Waals surface area (Å²) in [7, 11) is 0. The highest BCUT2D eigenvalue weighted by Gasteiger charge is 2.61. The van der Waals surface area contributed by atoms with Crippen molar-refractivity contribution >= 4 is 0 Å². The molecule has 0 unspecified atom stereocenters. The minimum atomic E-state index is -5.76. The van der Waals surface area contributed by atoms with Gasteiger partial charge in [-0.2, -0.15) is 22.0 Å². The smallest absolute Gasteiger partial charge is 0.426 e. The number of ether oxygens (including phenoxy) is 1.